The van der Waals surface area contributed by atoms with E-state index in [-0.39, 0.29) is 11.8 Å². The van der Waals surface area contributed by atoms with E-state index in [1.807, 2.05) is 30.3 Å². The molecule has 0 radical (unpaired) electrons. The first-order valence-electron chi connectivity index (χ1n) is 7.09. The molecule has 0 aromatic heterocycles. The van der Waals surface area contributed by atoms with Crippen molar-refractivity contribution in [3.05, 3.63) is 35.9 Å². The Bertz CT molecular complexity index is 442. The lowest BCUT2D eigenvalue weighted by Gasteiger charge is -2.21. The molecule has 20 heavy (non-hydrogen) atoms. The summed E-state index contributed by atoms with van der Waals surface area (Å²) in [4.78, 5) is 23.5. The Balaban J connectivity index is 1.66. The molecule has 5 nitrogen and oxygen atoms in total. The summed E-state index contributed by atoms with van der Waals surface area (Å²) in [7, 11) is 0. The number of piperidine rings is 1. The smallest absolute Gasteiger partial charge is 0.321 e. The maximum atomic E-state index is 11.8. The van der Waals surface area contributed by atoms with Gasteiger partial charge < -0.3 is 10.6 Å². The number of hydrogen-bond acceptors (Lipinski definition) is 3. The zero-order chi connectivity index (χ0) is 14.2. The van der Waals surface area contributed by atoms with Crippen molar-refractivity contribution in [1.82, 2.24) is 16.0 Å². The van der Waals surface area contributed by atoms with E-state index in [0.29, 0.717) is 6.54 Å². The summed E-state index contributed by atoms with van der Waals surface area (Å²) in [6, 6.07) is 9.52. The van der Waals surface area contributed by atoms with Crippen molar-refractivity contribution in [2.45, 2.75) is 19.3 Å². The minimum absolute atomic E-state index is 0.0453. The van der Waals surface area contributed by atoms with Crippen molar-refractivity contribution in [2.24, 2.45) is 5.92 Å². The maximum Gasteiger partial charge on any atom is 0.321 e. The average Bonchev–Trinajstić information content (AvgIpc) is 2.49. The molecule has 5 heteroatoms. The molecule has 1 aromatic rings. The number of imide groups is 1. The molecular weight excluding hydrogens is 254 g/mol. The topological polar surface area (TPSA) is 70.2 Å². The molecule has 1 aliphatic rings. The molecular formula is C15H21N3O2. The number of nitrogens with one attached hydrogen (secondary N) is 3. The Morgan fingerprint density at radius 3 is 2.55 bits per heavy atom. The van der Waals surface area contributed by atoms with Crippen LogP contribution in [0.15, 0.2) is 30.3 Å². The van der Waals surface area contributed by atoms with Gasteiger partial charge in [-0.3, -0.25) is 10.1 Å². The van der Waals surface area contributed by atoms with Gasteiger partial charge >= 0.3 is 6.03 Å². The first kappa shape index (κ1) is 14.5. The van der Waals surface area contributed by atoms with Crippen LogP contribution in [0.2, 0.25) is 0 Å². The second-order valence-corrected chi connectivity index (χ2v) is 5.01. The number of benzene rings is 1. The number of amides is 3. The van der Waals surface area contributed by atoms with Crippen molar-refractivity contribution < 1.29 is 9.59 Å². The van der Waals surface area contributed by atoms with Crippen LogP contribution in [0.3, 0.4) is 0 Å². The molecule has 108 valence electrons. The third kappa shape index (κ3) is 4.66. The van der Waals surface area contributed by atoms with E-state index in [9.17, 15) is 9.59 Å². The van der Waals surface area contributed by atoms with Crippen LogP contribution in [0.4, 0.5) is 4.79 Å². The summed E-state index contributed by atoms with van der Waals surface area (Å²) < 4.78 is 0. The lowest BCUT2D eigenvalue weighted by atomic mass is 9.97. The molecule has 1 aromatic carbocycles. The molecule has 1 aliphatic heterocycles. The van der Waals surface area contributed by atoms with E-state index in [4.69, 9.17) is 0 Å². The molecule has 0 unspecified atom stereocenters. The minimum Gasteiger partial charge on any atom is -0.337 e. The summed E-state index contributed by atoms with van der Waals surface area (Å²) in [5, 5.41) is 8.33. The average molecular weight is 275 g/mol. The first-order chi connectivity index (χ1) is 9.75. The van der Waals surface area contributed by atoms with Gasteiger partial charge in [0, 0.05) is 12.5 Å². The first-order valence-corrected chi connectivity index (χ1v) is 7.09. The standard InChI is InChI=1S/C15H21N3O2/c19-14(13-7-9-16-10-8-13)18-15(20)17-11-6-12-4-2-1-3-5-12/h1-5,13,16H,6-11H2,(H2,17,18,19,20). The van der Waals surface area contributed by atoms with E-state index in [0.717, 1.165) is 37.9 Å². The second-order valence-electron chi connectivity index (χ2n) is 5.01. The molecule has 3 N–H and O–H groups in total. The molecule has 2 rings (SSSR count). The highest BCUT2D eigenvalue weighted by molar-refractivity contribution is 5.95. The van der Waals surface area contributed by atoms with E-state index < -0.39 is 6.03 Å². The van der Waals surface area contributed by atoms with Crippen LogP contribution < -0.4 is 16.0 Å². The van der Waals surface area contributed by atoms with E-state index in [1.165, 1.54) is 0 Å². The highest BCUT2D eigenvalue weighted by Crippen LogP contribution is 2.11. The number of rotatable bonds is 4. The number of urea groups is 1. The number of hydrogen-bond donors (Lipinski definition) is 3. The van der Waals surface area contributed by atoms with Crippen molar-refractivity contribution >= 4 is 11.9 Å². The molecule has 0 atom stereocenters. The van der Waals surface area contributed by atoms with Gasteiger partial charge in [0.25, 0.3) is 0 Å². The molecule has 0 aliphatic carbocycles. The third-order valence-electron chi connectivity index (χ3n) is 3.49. The van der Waals surface area contributed by atoms with Gasteiger partial charge in [-0.05, 0) is 37.9 Å². The lowest BCUT2D eigenvalue weighted by molar-refractivity contribution is -0.124. The Morgan fingerprint density at radius 2 is 1.85 bits per heavy atom. The molecule has 0 saturated carbocycles. The Morgan fingerprint density at radius 1 is 1.15 bits per heavy atom. The highest BCUT2D eigenvalue weighted by Gasteiger charge is 2.22. The normalized spacial score (nSPS) is 15.6. The summed E-state index contributed by atoms with van der Waals surface area (Å²) >= 11 is 0. The van der Waals surface area contributed by atoms with Gasteiger partial charge in [0.1, 0.15) is 0 Å². The van der Waals surface area contributed by atoms with Gasteiger partial charge in [0.2, 0.25) is 5.91 Å². The van der Waals surface area contributed by atoms with Crippen LogP contribution in [0.1, 0.15) is 18.4 Å². The zero-order valence-electron chi connectivity index (χ0n) is 11.5. The Labute approximate surface area is 119 Å². The summed E-state index contributed by atoms with van der Waals surface area (Å²) in [6.45, 7) is 2.21. The fraction of sp³-hybridized carbons (Fsp3) is 0.467. The van der Waals surface area contributed by atoms with Crippen LogP contribution in [-0.2, 0) is 11.2 Å². The predicted octanol–water partition coefficient (Wildman–Crippen LogP) is 1.05. The van der Waals surface area contributed by atoms with Crippen molar-refractivity contribution in [3.63, 3.8) is 0 Å². The summed E-state index contributed by atoms with van der Waals surface area (Å²) in [6.07, 6.45) is 2.35. The van der Waals surface area contributed by atoms with Crippen molar-refractivity contribution in [2.75, 3.05) is 19.6 Å². The van der Waals surface area contributed by atoms with Gasteiger partial charge in [0.15, 0.2) is 0 Å². The number of carbonyl (C=O) groups is 2. The highest BCUT2D eigenvalue weighted by atomic mass is 16.2. The second kappa shape index (κ2) is 7.65. The fourth-order valence-electron chi connectivity index (χ4n) is 2.31. The van der Waals surface area contributed by atoms with Gasteiger partial charge in [-0.15, -0.1) is 0 Å². The zero-order valence-corrected chi connectivity index (χ0v) is 11.5. The van der Waals surface area contributed by atoms with Crippen LogP contribution in [0, 0.1) is 5.92 Å². The van der Waals surface area contributed by atoms with E-state index >= 15 is 0 Å². The quantitative estimate of drug-likeness (QED) is 0.769. The van der Waals surface area contributed by atoms with Crippen molar-refractivity contribution in [3.8, 4) is 0 Å². The van der Waals surface area contributed by atoms with Gasteiger partial charge in [-0.2, -0.15) is 0 Å². The monoisotopic (exact) mass is 275 g/mol. The van der Waals surface area contributed by atoms with Gasteiger partial charge in [-0.25, -0.2) is 4.79 Å². The SMILES string of the molecule is O=C(NCCc1ccccc1)NC(=O)C1CCNCC1. The molecule has 3 amide bonds. The molecule has 1 heterocycles. The summed E-state index contributed by atoms with van der Waals surface area (Å²) in [5.74, 6) is -0.208. The minimum atomic E-state index is -0.399. The van der Waals surface area contributed by atoms with Gasteiger partial charge in [-0.1, -0.05) is 30.3 Å². The largest absolute Gasteiger partial charge is 0.337 e. The van der Waals surface area contributed by atoms with E-state index in [1.54, 1.807) is 0 Å². The number of carbonyl (C=O) groups excluding carboxylic acids is 2. The molecule has 1 fully saturated rings. The Kier molecular flexibility index (Phi) is 5.55. The maximum absolute atomic E-state index is 11.8. The van der Waals surface area contributed by atoms with Crippen LogP contribution >= 0.6 is 0 Å². The van der Waals surface area contributed by atoms with Crippen LogP contribution in [-0.4, -0.2) is 31.6 Å². The summed E-state index contributed by atoms with van der Waals surface area (Å²) in [5.41, 5.74) is 1.16. The molecule has 1 saturated heterocycles. The van der Waals surface area contributed by atoms with Gasteiger partial charge in [0.05, 0.1) is 0 Å². The molecule has 0 spiro atoms. The van der Waals surface area contributed by atoms with Crippen molar-refractivity contribution in [1.29, 1.82) is 0 Å². The fourth-order valence-corrected chi connectivity index (χ4v) is 2.31. The third-order valence-corrected chi connectivity index (χ3v) is 3.49. The van der Waals surface area contributed by atoms with Crippen LogP contribution in [0.25, 0.3) is 0 Å². The van der Waals surface area contributed by atoms with E-state index in [2.05, 4.69) is 16.0 Å². The predicted molar refractivity (Wildman–Crippen MR) is 77.3 cm³/mol. The Hall–Kier alpha value is -1.88. The van der Waals surface area contributed by atoms with Crippen LogP contribution in [0.5, 0.6) is 0 Å². The molecule has 0 bridgehead atoms. The lowest BCUT2D eigenvalue weighted by Crippen LogP contribution is -2.45.